The normalized spacial score (nSPS) is 25.3. The summed E-state index contributed by atoms with van der Waals surface area (Å²) in [5.41, 5.74) is 6.96. The molecule has 1 nitrogen and oxygen atoms in total. The van der Waals surface area contributed by atoms with Gasteiger partial charge in [0.25, 0.3) is 0 Å². The van der Waals surface area contributed by atoms with Crippen LogP contribution in [-0.2, 0) is 6.42 Å². The van der Waals surface area contributed by atoms with Crippen LogP contribution in [-0.4, -0.2) is 6.04 Å². The van der Waals surface area contributed by atoms with Gasteiger partial charge >= 0.3 is 0 Å². The molecule has 0 spiro atoms. The molecule has 3 heteroatoms. The summed E-state index contributed by atoms with van der Waals surface area (Å²) >= 11 is 5.76. The lowest BCUT2D eigenvalue weighted by molar-refractivity contribution is 0.237. The largest absolute Gasteiger partial charge is 0.327 e. The van der Waals surface area contributed by atoms with Gasteiger partial charge in [-0.3, -0.25) is 0 Å². The zero-order valence-electron chi connectivity index (χ0n) is 11.5. The second-order valence-electron chi connectivity index (χ2n) is 5.79. The van der Waals surface area contributed by atoms with E-state index in [-0.39, 0.29) is 11.9 Å². The van der Waals surface area contributed by atoms with Gasteiger partial charge in [-0.25, -0.2) is 4.39 Å². The minimum Gasteiger partial charge on any atom is -0.327 e. The summed E-state index contributed by atoms with van der Waals surface area (Å²) in [5, 5.41) is 0.443. The summed E-state index contributed by atoms with van der Waals surface area (Å²) in [4.78, 5) is 0. The van der Waals surface area contributed by atoms with E-state index in [1.54, 1.807) is 12.1 Å². The molecule has 1 aliphatic carbocycles. The molecule has 2 rings (SSSR count). The standard InChI is InChI=1S/C16H23ClFN/c1-2-11-3-5-12(6-4-11)16(19)9-13-7-8-14(17)10-15(13)18/h7-8,10-12,16H,2-6,9,19H2,1H3. The topological polar surface area (TPSA) is 26.0 Å². The molecule has 0 aliphatic heterocycles. The van der Waals surface area contributed by atoms with Crippen LogP contribution >= 0.6 is 11.6 Å². The van der Waals surface area contributed by atoms with Gasteiger partial charge in [0.1, 0.15) is 5.82 Å². The van der Waals surface area contributed by atoms with Crippen molar-refractivity contribution in [3.63, 3.8) is 0 Å². The summed E-state index contributed by atoms with van der Waals surface area (Å²) in [6.45, 7) is 2.26. The Morgan fingerprint density at radius 2 is 2.00 bits per heavy atom. The smallest absolute Gasteiger partial charge is 0.127 e. The summed E-state index contributed by atoms with van der Waals surface area (Å²) < 4.78 is 13.8. The van der Waals surface area contributed by atoms with Crippen LogP contribution in [0.25, 0.3) is 0 Å². The summed E-state index contributed by atoms with van der Waals surface area (Å²) in [6.07, 6.45) is 6.82. The van der Waals surface area contributed by atoms with Crippen LogP contribution in [0.3, 0.4) is 0 Å². The number of hydrogen-bond donors (Lipinski definition) is 1. The maximum absolute atomic E-state index is 13.8. The Bertz CT molecular complexity index is 413. The second kappa shape index (κ2) is 6.71. The fraction of sp³-hybridized carbons (Fsp3) is 0.625. The molecule has 0 bridgehead atoms. The second-order valence-corrected chi connectivity index (χ2v) is 6.23. The van der Waals surface area contributed by atoms with Crippen molar-refractivity contribution in [3.05, 3.63) is 34.6 Å². The maximum Gasteiger partial charge on any atom is 0.127 e. The van der Waals surface area contributed by atoms with E-state index in [1.165, 1.54) is 38.2 Å². The van der Waals surface area contributed by atoms with Gasteiger partial charge in [-0.15, -0.1) is 0 Å². The number of rotatable bonds is 4. The first-order valence-corrected chi connectivity index (χ1v) is 7.67. The van der Waals surface area contributed by atoms with Crippen molar-refractivity contribution in [2.45, 2.75) is 51.5 Å². The molecule has 1 fully saturated rings. The number of benzene rings is 1. The molecule has 1 aromatic rings. The quantitative estimate of drug-likeness (QED) is 0.861. The number of nitrogens with two attached hydrogens (primary N) is 1. The van der Waals surface area contributed by atoms with Crippen molar-refractivity contribution in [3.8, 4) is 0 Å². The van der Waals surface area contributed by atoms with Crippen molar-refractivity contribution < 1.29 is 4.39 Å². The highest BCUT2D eigenvalue weighted by Gasteiger charge is 2.25. The first-order chi connectivity index (χ1) is 9.10. The Hall–Kier alpha value is -0.600. The fourth-order valence-corrected chi connectivity index (χ4v) is 3.29. The minimum absolute atomic E-state index is 0.0634. The monoisotopic (exact) mass is 283 g/mol. The Balaban J connectivity index is 1.92. The van der Waals surface area contributed by atoms with Gasteiger partial charge in [0, 0.05) is 11.1 Å². The predicted octanol–water partition coefficient (Wildman–Crippen LogP) is 4.57. The van der Waals surface area contributed by atoms with Crippen LogP contribution < -0.4 is 5.73 Å². The Morgan fingerprint density at radius 3 is 2.58 bits per heavy atom. The van der Waals surface area contributed by atoms with Crippen LogP contribution in [0.1, 0.15) is 44.6 Å². The zero-order valence-corrected chi connectivity index (χ0v) is 12.3. The van der Waals surface area contributed by atoms with Gasteiger partial charge in [0.2, 0.25) is 0 Å². The van der Waals surface area contributed by atoms with E-state index in [0.717, 1.165) is 5.92 Å². The van der Waals surface area contributed by atoms with E-state index in [9.17, 15) is 4.39 Å². The zero-order chi connectivity index (χ0) is 13.8. The van der Waals surface area contributed by atoms with Gasteiger partial charge in [0.05, 0.1) is 0 Å². The Morgan fingerprint density at radius 1 is 1.32 bits per heavy atom. The van der Waals surface area contributed by atoms with Gasteiger partial charge in [-0.2, -0.15) is 0 Å². The first kappa shape index (κ1) is 14.8. The van der Waals surface area contributed by atoms with Crippen molar-refractivity contribution >= 4 is 11.6 Å². The molecule has 2 N–H and O–H groups in total. The highest BCUT2D eigenvalue weighted by molar-refractivity contribution is 6.30. The molecule has 106 valence electrons. The van der Waals surface area contributed by atoms with Crippen LogP contribution in [0.4, 0.5) is 4.39 Å². The van der Waals surface area contributed by atoms with E-state index < -0.39 is 0 Å². The Labute approximate surface area is 120 Å². The molecule has 1 saturated carbocycles. The molecule has 1 aliphatic rings. The highest BCUT2D eigenvalue weighted by atomic mass is 35.5. The predicted molar refractivity (Wildman–Crippen MR) is 78.8 cm³/mol. The van der Waals surface area contributed by atoms with Crippen LogP contribution in [0.5, 0.6) is 0 Å². The molecule has 0 amide bonds. The molecule has 1 unspecified atom stereocenters. The lowest BCUT2D eigenvalue weighted by Gasteiger charge is -2.31. The molecule has 1 aromatic carbocycles. The van der Waals surface area contributed by atoms with Crippen molar-refractivity contribution in [2.24, 2.45) is 17.6 Å². The van der Waals surface area contributed by atoms with E-state index in [4.69, 9.17) is 17.3 Å². The van der Waals surface area contributed by atoms with E-state index in [1.807, 2.05) is 0 Å². The highest BCUT2D eigenvalue weighted by Crippen LogP contribution is 2.33. The lowest BCUT2D eigenvalue weighted by atomic mass is 9.76. The average molecular weight is 284 g/mol. The third-order valence-electron chi connectivity index (χ3n) is 4.54. The number of hydrogen-bond acceptors (Lipinski definition) is 1. The van der Waals surface area contributed by atoms with Crippen molar-refractivity contribution in [2.75, 3.05) is 0 Å². The molecule has 19 heavy (non-hydrogen) atoms. The Kier molecular flexibility index (Phi) is 5.23. The van der Waals surface area contributed by atoms with Gasteiger partial charge < -0.3 is 5.73 Å². The van der Waals surface area contributed by atoms with Gasteiger partial charge in [-0.1, -0.05) is 43.9 Å². The maximum atomic E-state index is 13.8. The summed E-state index contributed by atoms with van der Waals surface area (Å²) in [5.74, 6) is 1.18. The van der Waals surface area contributed by atoms with Crippen LogP contribution in [0, 0.1) is 17.7 Å². The molecule has 1 atom stereocenters. The molecule has 0 saturated heterocycles. The first-order valence-electron chi connectivity index (χ1n) is 7.29. The molecular weight excluding hydrogens is 261 g/mol. The van der Waals surface area contributed by atoms with Crippen LogP contribution in [0.15, 0.2) is 18.2 Å². The molecule has 0 aromatic heterocycles. The van der Waals surface area contributed by atoms with Crippen molar-refractivity contribution in [1.82, 2.24) is 0 Å². The molecule has 0 radical (unpaired) electrons. The third-order valence-corrected chi connectivity index (χ3v) is 4.78. The molecular formula is C16H23ClFN. The van der Waals surface area contributed by atoms with E-state index in [2.05, 4.69) is 6.92 Å². The summed E-state index contributed by atoms with van der Waals surface area (Å²) in [6, 6.07) is 4.93. The van der Waals surface area contributed by atoms with Crippen LogP contribution in [0.2, 0.25) is 5.02 Å². The average Bonchev–Trinajstić information content (AvgIpc) is 2.42. The summed E-state index contributed by atoms with van der Waals surface area (Å²) in [7, 11) is 0. The minimum atomic E-state index is -0.231. The van der Waals surface area contributed by atoms with E-state index in [0.29, 0.717) is 22.9 Å². The molecule has 0 heterocycles. The fourth-order valence-electron chi connectivity index (χ4n) is 3.13. The van der Waals surface area contributed by atoms with E-state index >= 15 is 0 Å². The lowest BCUT2D eigenvalue weighted by Crippen LogP contribution is -2.35. The van der Waals surface area contributed by atoms with Gasteiger partial charge in [-0.05, 0) is 48.8 Å². The number of halogens is 2. The van der Waals surface area contributed by atoms with Crippen molar-refractivity contribution in [1.29, 1.82) is 0 Å². The SMILES string of the molecule is CCC1CCC(C(N)Cc2ccc(Cl)cc2F)CC1. The van der Waals surface area contributed by atoms with Gasteiger partial charge in [0.15, 0.2) is 0 Å². The third kappa shape index (κ3) is 3.93.